The summed E-state index contributed by atoms with van der Waals surface area (Å²) in [4.78, 5) is 14.8. The lowest BCUT2D eigenvalue weighted by molar-refractivity contribution is 0.0841. The van der Waals surface area contributed by atoms with Gasteiger partial charge in [-0.2, -0.15) is 0 Å². The van der Waals surface area contributed by atoms with Crippen LogP contribution in [0.5, 0.6) is 0 Å². The van der Waals surface area contributed by atoms with Crippen LogP contribution in [0, 0.1) is 5.92 Å². The number of carbonyl (C=O) groups excluding carboxylic acids is 1. The van der Waals surface area contributed by atoms with Crippen LogP contribution in [0.1, 0.15) is 49.9 Å². The summed E-state index contributed by atoms with van der Waals surface area (Å²) in [5.74, 6) is 1.11. The van der Waals surface area contributed by atoms with Crippen molar-refractivity contribution < 1.29 is 4.79 Å². The quantitative estimate of drug-likeness (QED) is 0.767. The summed E-state index contributed by atoms with van der Waals surface area (Å²) in [6, 6.07) is 9.69. The fraction of sp³-hybridized carbons (Fsp3) is 0.588. The van der Waals surface area contributed by atoms with Crippen molar-refractivity contribution in [2.45, 2.75) is 45.6 Å². The van der Waals surface area contributed by atoms with E-state index >= 15 is 0 Å². The third kappa shape index (κ3) is 3.66. The number of hydrogen-bond donors (Lipinski definition) is 0. The topological polar surface area (TPSA) is 20.3 Å². The molecule has 0 aliphatic carbocycles. The Labute approximate surface area is 116 Å². The third-order valence-electron chi connectivity index (χ3n) is 4.45. The lowest BCUT2D eigenvalue weighted by atomic mass is 9.98. The molecule has 0 amide bonds. The lowest BCUT2D eigenvalue weighted by Gasteiger charge is -2.26. The maximum absolute atomic E-state index is 12.5. The largest absolute Gasteiger partial charge is 0.293 e. The molecule has 1 aromatic carbocycles. The van der Waals surface area contributed by atoms with Gasteiger partial charge in [0.25, 0.3) is 0 Å². The number of nitrogens with zero attached hydrogens (tertiary/aromatic N) is 1. The molecule has 2 heteroatoms. The van der Waals surface area contributed by atoms with E-state index in [-0.39, 0.29) is 11.8 Å². The minimum atomic E-state index is 0.0120. The number of likely N-dealkylation sites (tertiary alicyclic amines) is 1. The minimum absolute atomic E-state index is 0.0120. The maximum Gasteiger partial charge on any atom is 0.179 e. The molecule has 2 unspecified atom stereocenters. The van der Waals surface area contributed by atoms with Crippen LogP contribution in [0.2, 0.25) is 0 Å². The Morgan fingerprint density at radius 2 is 2.00 bits per heavy atom. The summed E-state index contributed by atoms with van der Waals surface area (Å²) in [6.07, 6.45) is 5.06. The molecule has 19 heavy (non-hydrogen) atoms. The van der Waals surface area contributed by atoms with Crippen LogP contribution in [0.4, 0.5) is 0 Å². The summed E-state index contributed by atoms with van der Waals surface area (Å²) in [5.41, 5.74) is 0.839. The first-order chi connectivity index (χ1) is 9.22. The van der Waals surface area contributed by atoms with Gasteiger partial charge in [0, 0.05) is 5.56 Å². The first-order valence-corrected chi connectivity index (χ1v) is 7.55. The molecule has 1 fully saturated rings. The van der Waals surface area contributed by atoms with Gasteiger partial charge in [-0.25, -0.2) is 0 Å². The average molecular weight is 259 g/mol. The van der Waals surface area contributed by atoms with Gasteiger partial charge in [0.1, 0.15) is 0 Å². The summed E-state index contributed by atoms with van der Waals surface area (Å²) in [7, 11) is 0. The molecule has 2 rings (SSSR count). The van der Waals surface area contributed by atoms with E-state index in [9.17, 15) is 4.79 Å². The second-order valence-corrected chi connectivity index (χ2v) is 5.65. The molecule has 1 aromatic rings. The van der Waals surface area contributed by atoms with Crippen molar-refractivity contribution in [3.63, 3.8) is 0 Å². The number of benzene rings is 1. The van der Waals surface area contributed by atoms with Gasteiger partial charge in [-0.15, -0.1) is 0 Å². The van der Waals surface area contributed by atoms with Gasteiger partial charge in [0.05, 0.1) is 6.04 Å². The predicted octanol–water partition coefficient (Wildman–Crippen LogP) is 3.77. The van der Waals surface area contributed by atoms with Crippen LogP contribution in [0.3, 0.4) is 0 Å². The highest BCUT2D eigenvalue weighted by Gasteiger charge is 2.24. The van der Waals surface area contributed by atoms with Crippen molar-refractivity contribution in [3.05, 3.63) is 35.9 Å². The Morgan fingerprint density at radius 3 is 2.68 bits per heavy atom. The molecule has 0 aromatic heterocycles. The highest BCUT2D eigenvalue weighted by molar-refractivity contribution is 5.99. The van der Waals surface area contributed by atoms with Gasteiger partial charge in [-0.05, 0) is 45.2 Å². The fourth-order valence-corrected chi connectivity index (χ4v) is 2.99. The average Bonchev–Trinajstić information content (AvgIpc) is 2.72. The van der Waals surface area contributed by atoms with E-state index in [1.807, 2.05) is 30.3 Å². The van der Waals surface area contributed by atoms with Crippen molar-refractivity contribution in [1.29, 1.82) is 0 Å². The second-order valence-electron chi connectivity index (χ2n) is 5.65. The zero-order valence-electron chi connectivity index (χ0n) is 12.1. The summed E-state index contributed by atoms with van der Waals surface area (Å²) in [5, 5.41) is 0. The first kappa shape index (κ1) is 14.3. The van der Waals surface area contributed by atoms with Gasteiger partial charge in [-0.1, -0.05) is 43.7 Å². The van der Waals surface area contributed by atoms with E-state index in [0.29, 0.717) is 0 Å². The molecule has 0 bridgehead atoms. The second kappa shape index (κ2) is 6.85. The minimum Gasteiger partial charge on any atom is -0.293 e. The van der Waals surface area contributed by atoms with Crippen LogP contribution in [0.15, 0.2) is 30.3 Å². The summed E-state index contributed by atoms with van der Waals surface area (Å²) >= 11 is 0. The van der Waals surface area contributed by atoms with E-state index < -0.39 is 0 Å². The van der Waals surface area contributed by atoms with Crippen molar-refractivity contribution >= 4 is 5.78 Å². The predicted molar refractivity (Wildman–Crippen MR) is 79.4 cm³/mol. The van der Waals surface area contributed by atoms with Gasteiger partial charge >= 0.3 is 0 Å². The summed E-state index contributed by atoms with van der Waals surface area (Å²) in [6.45, 7) is 6.47. The van der Waals surface area contributed by atoms with E-state index in [1.54, 1.807) is 0 Å². The molecule has 1 heterocycles. The van der Waals surface area contributed by atoms with Crippen LogP contribution >= 0.6 is 0 Å². The molecule has 0 N–H and O–H groups in total. The molecular weight excluding hydrogens is 234 g/mol. The first-order valence-electron chi connectivity index (χ1n) is 7.55. The molecule has 1 aliphatic heterocycles. The molecule has 0 radical (unpaired) electrons. The zero-order chi connectivity index (χ0) is 13.7. The molecule has 1 aliphatic rings. The molecule has 2 nitrogen and oxygen atoms in total. The monoisotopic (exact) mass is 259 g/mol. The van der Waals surface area contributed by atoms with Crippen molar-refractivity contribution in [2.24, 2.45) is 5.92 Å². The third-order valence-corrected chi connectivity index (χ3v) is 4.45. The Kier molecular flexibility index (Phi) is 5.15. The number of hydrogen-bond acceptors (Lipinski definition) is 2. The fourth-order valence-electron chi connectivity index (χ4n) is 2.99. The van der Waals surface area contributed by atoms with Crippen molar-refractivity contribution in [3.8, 4) is 0 Å². The molecule has 104 valence electrons. The van der Waals surface area contributed by atoms with Gasteiger partial charge in [-0.3, -0.25) is 9.69 Å². The van der Waals surface area contributed by atoms with Gasteiger partial charge in [0.2, 0.25) is 0 Å². The molecule has 1 saturated heterocycles. The Morgan fingerprint density at radius 1 is 1.26 bits per heavy atom. The Bertz CT molecular complexity index is 401. The van der Waals surface area contributed by atoms with E-state index in [4.69, 9.17) is 0 Å². The number of ketones is 1. The Balaban J connectivity index is 1.99. The highest BCUT2D eigenvalue weighted by Crippen LogP contribution is 2.22. The van der Waals surface area contributed by atoms with Crippen molar-refractivity contribution in [1.82, 2.24) is 4.90 Å². The highest BCUT2D eigenvalue weighted by atomic mass is 16.1. The van der Waals surface area contributed by atoms with Crippen LogP contribution in [-0.2, 0) is 0 Å². The maximum atomic E-state index is 12.5. The lowest BCUT2D eigenvalue weighted by Crippen LogP contribution is -2.39. The van der Waals surface area contributed by atoms with Gasteiger partial charge in [0.15, 0.2) is 5.78 Å². The number of carbonyl (C=O) groups is 1. The molecular formula is C17H25NO. The van der Waals surface area contributed by atoms with E-state index in [1.165, 1.54) is 25.7 Å². The Hall–Kier alpha value is -1.15. The van der Waals surface area contributed by atoms with Crippen LogP contribution < -0.4 is 0 Å². The van der Waals surface area contributed by atoms with E-state index in [0.717, 1.165) is 24.6 Å². The zero-order valence-corrected chi connectivity index (χ0v) is 12.1. The molecule has 0 saturated carbocycles. The van der Waals surface area contributed by atoms with Crippen molar-refractivity contribution in [2.75, 3.05) is 13.1 Å². The van der Waals surface area contributed by atoms with Crippen LogP contribution in [0.25, 0.3) is 0 Å². The number of rotatable bonds is 4. The van der Waals surface area contributed by atoms with Gasteiger partial charge < -0.3 is 0 Å². The molecule has 0 spiro atoms. The molecule has 2 atom stereocenters. The van der Waals surface area contributed by atoms with E-state index in [2.05, 4.69) is 18.7 Å². The van der Waals surface area contributed by atoms with Crippen LogP contribution in [-0.4, -0.2) is 29.8 Å². The normalized spacial score (nSPS) is 22.7. The number of Topliss-reactive ketones (excluding diaryl/α,β-unsaturated/α-hetero) is 1. The summed E-state index contributed by atoms with van der Waals surface area (Å²) < 4.78 is 0. The standard InChI is InChI=1S/C17H25NO/c1-3-15-8-7-12-18(13-11-15)14(2)17(19)16-9-5-4-6-10-16/h4-6,9-10,14-15H,3,7-8,11-13H2,1-2H3. The smallest absolute Gasteiger partial charge is 0.179 e. The SMILES string of the molecule is CCC1CCCN(C(C)C(=O)c2ccccc2)CC1.